The van der Waals surface area contributed by atoms with Crippen LogP contribution in [0.2, 0.25) is 0 Å². The van der Waals surface area contributed by atoms with Crippen molar-refractivity contribution in [2.75, 3.05) is 13.2 Å². The van der Waals surface area contributed by atoms with Crippen molar-refractivity contribution in [3.63, 3.8) is 0 Å². The molecule has 1 aliphatic carbocycles. The van der Waals surface area contributed by atoms with Gasteiger partial charge in [-0.15, -0.1) is 0 Å². The molecule has 0 saturated carbocycles. The smallest absolute Gasteiger partial charge is 0.213 e. The van der Waals surface area contributed by atoms with E-state index in [1.54, 1.807) is 6.07 Å². The second kappa shape index (κ2) is 12.7. The molecule has 31 heavy (non-hydrogen) atoms. The monoisotopic (exact) mass is 427 g/mol. The fourth-order valence-electron chi connectivity index (χ4n) is 4.22. The highest BCUT2D eigenvalue weighted by Gasteiger charge is 2.23. The number of nitrogens with zero attached hydrogens (tertiary/aromatic N) is 1. The largest absolute Gasteiger partial charge is 0.491 e. The van der Waals surface area contributed by atoms with Gasteiger partial charge in [0.1, 0.15) is 0 Å². The van der Waals surface area contributed by atoms with Crippen molar-refractivity contribution in [3.05, 3.63) is 41.3 Å². The lowest BCUT2D eigenvalue weighted by Gasteiger charge is -2.21. The van der Waals surface area contributed by atoms with Crippen LogP contribution in [0.4, 0.5) is 4.39 Å². The molecule has 1 aromatic carbocycles. The van der Waals surface area contributed by atoms with Gasteiger partial charge in [0, 0.05) is 11.6 Å². The second-order valence-electron chi connectivity index (χ2n) is 8.57. The normalized spacial score (nSPS) is 12.4. The van der Waals surface area contributed by atoms with Gasteiger partial charge in [-0.25, -0.2) is 9.37 Å². The molecule has 1 heterocycles. The van der Waals surface area contributed by atoms with E-state index in [0.717, 1.165) is 54.5 Å². The number of hydrogen-bond donors (Lipinski definition) is 0. The summed E-state index contributed by atoms with van der Waals surface area (Å²) in [5.74, 6) is 0.851. The minimum absolute atomic E-state index is 0.209. The molecule has 0 radical (unpaired) electrons. The number of hydrogen-bond acceptors (Lipinski definition) is 3. The highest BCUT2D eigenvalue weighted by Crippen LogP contribution is 2.38. The Labute approximate surface area is 187 Å². The number of aryl methyl sites for hydroxylation is 1. The maximum absolute atomic E-state index is 15.0. The van der Waals surface area contributed by atoms with Crippen LogP contribution in [0.5, 0.6) is 11.6 Å². The molecule has 0 fully saturated rings. The number of halogens is 1. The van der Waals surface area contributed by atoms with E-state index < -0.39 is 0 Å². The summed E-state index contributed by atoms with van der Waals surface area (Å²) in [5.41, 5.74) is 3.70. The van der Waals surface area contributed by atoms with Crippen molar-refractivity contribution in [1.29, 1.82) is 0 Å². The van der Waals surface area contributed by atoms with Crippen LogP contribution in [-0.4, -0.2) is 18.2 Å². The molecule has 3 rings (SSSR count). The first-order valence-electron chi connectivity index (χ1n) is 12.3. The quantitative estimate of drug-likeness (QED) is 0.290. The van der Waals surface area contributed by atoms with Crippen LogP contribution >= 0.6 is 0 Å². The zero-order chi connectivity index (χ0) is 21.9. The molecule has 1 aromatic heterocycles. The number of ether oxygens (including phenoxy) is 2. The molecule has 2 aromatic rings. The summed E-state index contributed by atoms with van der Waals surface area (Å²) in [6, 6.07) is 7.69. The molecule has 0 atom stereocenters. The van der Waals surface area contributed by atoms with Gasteiger partial charge >= 0.3 is 0 Å². The SMILES string of the molecule is CCCCCCCCCOc1ccc2c(n1)CCc1c-2ccc(OCCCCC)c1F. The van der Waals surface area contributed by atoms with E-state index in [-0.39, 0.29) is 5.82 Å². The van der Waals surface area contributed by atoms with Gasteiger partial charge in [-0.2, -0.15) is 0 Å². The van der Waals surface area contributed by atoms with Gasteiger partial charge in [-0.3, -0.25) is 0 Å². The Balaban J connectivity index is 1.54. The highest BCUT2D eigenvalue weighted by atomic mass is 19.1. The standard InChI is InChI=1S/C27H38FNO2/c1-3-5-7-8-9-10-12-20-31-26-18-15-22-21-14-17-25(30-19-11-6-4-2)27(28)23(21)13-16-24(22)29-26/h14-15,17-18H,3-13,16,19-20H2,1-2H3. The zero-order valence-corrected chi connectivity index (χ0v) is 19.4. The summed E-state index contributed by atoms with van der Waals surface area (Å²) in [6.07, 6.45) is 13.4. The Bertz CT molecular complexity index is 821. The molecule has 0 saturated heterocycles. The average Bonchev–Trinajstić information content (AvgIpc) is 2.79. The van der Waals surface area contributed by atoms with Gasteiger partial charge in [0.25, 0.3) is 0 Å². The molecular formula is C27H38FNO2. The minimum atomic E-state index is -0.209. The minimum Gasteiger partial charge on any atom is -0.491 e. The molecule has 1 aliphatic rings. The van der Waals surface area contributed by atoms with E-state index >= 15 is 4.39 Å². The molecule has 0 spiro atoms. The van der Waals surface area contributed by atoms with Gasteiger partial charge in [-0.1, -0.05) is 71.3 Å². The summed E-state index contributed by atoms with van der Waals surface area (Å²) in [6.45, 7) is 5.68. The van der Waals surface area contributed by atoms with E-state index in [9.17, 15) is 0 Å². The number of benzene rings is 1. The Morgan fingerprint density at radius 3 is 2.19 bits per heavy atom. The Morgan fingerprint density at radius 2 is 1.39 bits per heavy atom. The lowest BCUT2D eigenvalue weighted by molar-refractivity contribution is 0.290. The van der Waals surface area contributed by atoms with Gasteiger partial charge in [-0.05, 0) is 48.9 Å². The molecular weight excluding hydrogens is 389 g/mol. The van der Waals surface area contributed by atoms with E-state index in [1.807, 2.05) is 18.2 Å². The molecule has 0 N–H and O–H groups in total. The van der Waals surface area contributed by atoms with Crippen molar-refractivity contribution in [2.45, 2.75) is 90.9 Å². The van der Waals surface area contributed by atoms with Crippen molar-refractivity contribution in [2.24, 2.45) is 0 Å². The van der Waals surface area contributed by atoms with Crippen molar-refractivity contribution in [3.8, 4) is 22.8 Å². The predicted octanol–water partition coefficient (Wildman–Crippen LogP) is 7.68. The summed E-state index contributed by atoms with van der Waals surface area (Å²) >= 11 is 0. The summed E-state index contributed by atoms with van der Waals surface area (Å²) in [5, 5.41) is 0. The van der Waals surface area contributed by atoms with Gasteiger partial charge in [0.05, 0.1) is 18.9 Å². The zero-order valence-electron chi connectivity index (χ0n) is 19.4. The topological polar surface area (TPSA) is 31.4 Å². The maximum atomic E-state index is 15.0. The molecule has 0 aliphatic heterocycles. The van der Waals surface area contributed by atoms with Gasteiger partial charge in [0.15, 0.2) is 11.6 Å². The summed E-state index contributed by atoms with van der Waals surface area (Å²) in [4.78, 5) is 4.72. The summed E-state index contributed by atoms with van der Waals surface area (Å²) < 4.78 is 26.6. The maximum Gasteiger partial charge on any atom is 0.213 e. The van der Waals surface area contributed by atoms with Crippen LogP contribution in [0, 0.1) is 5.82 Å². The molecule has 3 nitrogen and oxygen atoms in total. The fraction of sp³-hybridized carbons (Fsp3) is 0.593. The number of aromatic nitrogens is 1. The van der Waals surface area contributed by atoms with Crippen molar-refractivity contribution in [1.82, 2.24) is 4.98 Å². The third kappa shape index (κ3) is 6.69. The number of rotatable bonds is 14. The van der Waals surface area contributed by atoms with E-state index in [2.05, 4.69) is 13.8 Å². The third-order valence-corrected chi connectivity index (χ3v) is 6.06. The second-order valence-corrected chi connectivity index (χ2v) is 8.57. The first-order chi connectivity index (χ1) is 15.2. The van der Waals surface area contributed by atoms with E-state index in [0.29, 0.717) is 31.3 Å². The van der Waals surface area contributed by atoms with Crippen LogP contribution in [0.3, 0.4) is 0 Å². The van der Waals surface area contributed by atoms with Crippen LogP contribution in [0.1, 0.15) is 89.3 Å². The van der Waals surface area contributed by atoms with Crippen LogP contribution < -0.4 is 9.47 Å². The number of fused-ring (bicyclic) bond motifs is 3. The third-order valence-electron chi connectivity index (χ3n) is 6.06. The highest BCUT2D eigenvalue weighted by molar-refractivity contribution is 5.73. The van der Waals surface area contributed by atoms with Crippen LogP contribution in [0.15, 0.2) is 24.3 Å². The van der Waals surface area contributed by atoms with Gasteiger partial charge < -0.3 is 9.47 Å². The van der Waals surface area contributed by atoms with Crippen molar-refractivity contribution < 1.29 is 13.9 Å². The molecule has 0 amide bonds. The van der Waals surface area contributed by atoms with E-state index in [4.69, 9.17) is 14.5 Å². The molecule has 0 unspecified atom stereocenters. The fourth-order valence-corrected chi connectivity index (χ4v) is 4.22. The lowest BCUT2D eigenvalue weighted by Crippen LogP contribution is -2.11. The Morgan fingerprint density at radius 1 is 0.742 bits per heavy atom. The van der Waals surface area contributed by atoms with E-state index in [1.165, 1.54) is 38.5 Å². The van der Waals surface area contributed by atoms with Crippen LogP contribution in [0.25, 0.3) is 11.1 Å². The molecule has 0 bridgehead atoms. The Hall–Kier alpha value is -2.10. The Kier molecular flexibility index (Phi) is 9.64. The first kappa shape index (κ1) is 23.6. The predicted molar refractivity (Wildman–Crippen MR) is 126 cm³/mol. The lowest BCUT2D eigenvalue weighted by atomic mass is 9.88. The molecule has 170 valence electrons. The van der Waals surface area contributed by atoms with Crippen LogP contribution in [-0.2, 0) is 12.8 Å². The van der Waals surface area contributed by atoms with Gasteiger partial charge in [0.2, 0.25) is 5.88 Å². The molecule has 4 heteroatoms. The number of unbranched alkanes of at least 4 members (excludes halogenated alkanes) is 8. The number of pyridine rings is 1. The summed E-state index contributed by atoms with van der Waals surface area (Å²) in [7, 11) is 0. The van der Waals surface area contributed by atoms with Crippen molar-refractivity contribution >= 4 is 0 Å². The average molecular weight is 428 g/mol. The first-order valence-corrected chi connectivity index (χ1v) is 12.3.